The van der Waals surface area contributed by atoms with E-state index in [2.05, 4.69) is 5.32 Å². The SMILES string of the molecule is CN1C(=O)C(C)(C)c2cc(S(=O)(=O)N(C)CC(=O)NCc3ccccc3Cl)ccc21. The van der Waals surface area contributed by atoms with Crippen molar-refractivity contribution in [3.05, 3.63) is 58.6 Å². The lowest BCUT2D eigenvalue weighted by Crippen LogP contribution is -2.38. The Labute approximate surface area is 181 Å². The van der Waals surface area contributed by atoms with Crippen molar-refractivity contribution in [3.8, 4) is 0 Å². The molecule has 0 spiro atoms. The quantitative estimate of drug-likeness (QED) is 0.734. The number of likely N-dealkylation sites (N-methyl/N-ethyl adjacent to an activating group) is 2. The number of carbonyl (C=O) groups excluding carboxylic acids is 2. The summed E-state index contributed by atoms with van der Waals surface area (Å²) in [5.74, 6) is -0.545. The first kappa shape index (κ1) is 22.3. The Morgan fingerprint density at radius 1 is 1.20 bits per heavy atom. The van der Waals surface area contributed by atoms with Gasteiger partial charge in [-0.2, -0.15) is 4.31 Å². The molecule has 1 heterocycles. The van der Waals surface area contributed by atoms with Gasteiger partial charge in [0.15, 0.2) is 0 Å². The predicted molar refractivity (Wildman–Crippen MR) is 116 cm³/mol. The fourth-order valence-electron chi connectivity index (χ4n) is 3.47. The van der Waals surface area contributed by atoms with E-state index in [1.807, 2.05) is 6.07 Å². The van der Waals surface area contributed by atoms with Crippen LogP contribution in [0.2, 0.25) is 5.02 Å². The normalized spacial score (nSPS) is 15.4. The topological polar surface area (TPSA) is 86.8 Å². The zero-order valence-corrected chi connectivity index (χ0v) is 18.8. The number of hydrogen-bond donors (Lipinski definition) is 1. The van der Waals surface area contributed by atoms with Crippen LogP contribution in [0.15, 0.2) is 47.4 Å². The summed E-state index contributed by atoms with van der Waals surface area (Å²) >= 11 is 6.07. The summed E-state index contributed by atoms with van der Waals surface area (Å²) in [5, 5.41) is 3.21. The van der Waals surface area contributed by atoms with Crippen molar-refractivity contribution in [1.29, 1.82) is 0 Å². The van der Waals surface area contributed by atoms with Crippen molar-refractivity contribution in [1.82, 2.24) is 9.62 Å². The highest BCUT2D eigenvalue weighted by atomic mass is 35.5. The molecule has 9 heteroatoms. The number of sulfonamides is 1. The standard InChI is InChI=1S/C21H24ClN3O4S/c1-21(2)16-11-15(9-10-18(16)25(4)20(21)27)30(28,29)24(3)13-19(26)23-12-14-7-5-6-8-17(14)22/h5-11H,12-13H2,1-4H3,(H,23,26). The van der Waals surface area contributed by atoms with E-state index in [4.69, 9.17) is 11.6 Å². The van der Waals surface area contributed by atoms with Gasteiger partial charge in [-0.3, -0.25) is 9.59 Å². The molecule has 0 saturated heterocycles. The Morgan fingerprint density at radius 3 is 2.53 bits per heavy atom. The molecule has 0 atom stereocenters. The maximum absolute atomic E-state index is 13.0. The first-order valence-electron chi connectivity index (χ1n) is 9.35. The summed E-state index contributed by atoms with van der Waals surface area (Å²) in [5.41, 5.74) is 1.25. The highest BCUT2D eigenvalue weighted by molar-refractivity contribution is 7.89. The van der Waals surface area contributed by atoms with Gasteiger partial charge in [0.05, 0.1) is 16.9 Å². The molecule has 0 unspecified atom stereocenters. The summed E-state index contributed by atoms with van der Waals surface area (Å²) in [6.45, 7) is 3.39. The summed E-state index contributed by atoms with van der Waals surface area (Å²) in [6, 6.07) is 11.7. The maximum atomic E-state index is 13.0. The van der Waals surface area contributed by atoms with Gasteiger partial charge in [0.1, 0.15) is 0 Å². The minimum absolute atomic E-state index is 0.0406. The van der Waals surface area contributed by atoms with Crippen LogP contribution in [0.1, 0.15) is 25.0 Å². The number of amides is 2. The number of rotatable bonds is 6. The van der Waals surface area contributed by atoms with Gasteiger partial charge in [-0.05, 0) is 49.2 Å². The van der Waals surface area contributed by atoms with E-state index in [0.717, 1.165) is 9.87 Å². The Hall–Kier alpha value is -2.42. The van der Waals surface area contributed by atoms with Gasteiger partial charge >= 0.3 is 0 Å². The van der Waals surface area contributed by atoms with Crippen molar-refractivity contribution >= 4 is 39.1 Å². The molecule has 1 aliphatic heterocycles. The molecule has 1 aliphatic rings. The maximum Gasteiger partial charge on any atom is 0.243 e. The molecule has 3 rings (SSSR count). The summed E-state index contributed by atoms with van der Waals surface area (Å²) in [7, 11) is -0.902. The first-order chi connectivity index (χ1) is 14.0. The minimum atomic E-state index is -3.92. The third-order valence-electron chi connectivity index (χ3n) is 5.35. The molecule has 0 saturated carbocycles. The largest absolute Gasteiger partial charge is 0.351 e. The molecule has 0 aliphatic carbocycles. The average molecular weight is 450 g/mol. The number of nitrogens with zero attached hydrogens (tertiary/aromatic N) is 2. The molecular formula is C21H24ClN3O4S. The molecule has 0 aromatic heterocycles. The Morgan fingerprint density at radius 2 is 1.87 bits per heavy atom. The molecule has 2 amide bonds. The average Bonchev–Trinajstić information content (AvgIpc) is 2.87. The van der Waals surface area contributed by atoms with E-state index >= 15 is 0 Å². The Kier molecular flexibility index (Phi) is 5.95. The molecule has 2 aromatic carbocycles. The van der Waals surface area contributed by atoms with E-state index in [9.17, 15) is 18.0 Å². The molecular weight excluding hydrogens is 426 g/mol. The van der Waals surface area contributed by atoms with Gasteiger partial charge in [-0.25, -0.2) is 8.42 Å². The monoisotopic (exact) mass is 449 g/mol. The number of halogens is 1. The second kappa shape index (κ2) is 8.02. The lowest BCUT2D eigenvalue weighted by atomic mass is 9.86. The lowest BCUT2D eigenvalue weighted by Gasteiger charge is -2.19. The van der Waals surface area contributed by atoms with E-state index < -0.39 is 21.3 Å². The van der Waals surface area contributed by atoms with Gasteiger partial charge in [0.2, 0.25) is 21.8 Å². The Bertz CT molecular complexity index is 1110. The van der Waals surface area contributed by atoms with Gasteiger partial charge in [0, 0.05) is 31.4 Å². The van der Waals surface area contributed by atoms with Crippen LogP contribution in [0, 0.1) is 0 Å². The second-order valence-corrected chi connectivity index (χ2v) is 10.2. The lowest BCUT2D eigenvalue weighted by molar-refractivity contribution is -0.122. The van der Waals surface area contributed by atoms with E-state index in [1.54, 1.807) is 45.2 Å². The van der Waals surface area contributed by atoms with Gasteiger partial charge in [0.25, 0.3) is 0 Å². The predicted octanol–water partition coefficient (Wildman–Crippen LogP) is 2.53. The third kappa shape index (κ3) is 3.95. The number of hydrogen-bond acceptors (Lipinski definition) is 4. The summed E-state index contributed by atoms with van der Waals surface area (Å²) < 4.78 is 27.0. The zero-order valence-electron chi connectivity index (χ0n) is 17.3. The first-order valence-corrected chi connectivity index (χ1v) is 11.2. The Balaban J connectivity index is 1.74. The third-order valence-corrected chi connectivity index (χ3v) is 7.52. The van der Waals surface area contributed by atoms with Crippen molar-refractivity contribution in [2.24, 2.45) is 0 Å². The van der Waals surface area contributed by atoms with Crippen molar-refractivity contribution in [2.45, 2.75) is 30.7 Å². The summed E-state index contributed by atoms with van der Waals surface area (Å²) in [6.07, 6.45) is 0. The molecule has 2 aromatic rings. The summed E-state index contributed by atoms with van der Waals surface area (Å²) in [4.78, 5) is 26.3. The van der Waals surface area contributed by atoms with Crippen molar-refractivity contribution < 1.29 is 18.0 Å². The molecule has 160 valence electrons. The van der Waals surface area contributed by atoms with Crippen LogP contribution < -0.4 is 10.2 Å². The van der Waals surface area contributed by atoms with Crippen molar-refractivity contribution in [3.63, 3.8) is 0 Å². The highest BCUT2D eigenvalue weighted by Crippen LogP contribution is 2.41. The van der Waals surface area contributed by atoms with Crippen LogP contribution in [-0.4, -0.2) is 45.2 Å². The van der Waals surface area contributed by atoms with Crippen LogP contribution >= 0.6 is 11.6 Å². The van der Waals surface area contributed by atoms with Crippen molar-refractivity contribution in [2.75, 3.05) is 25.5 Å². The molecule has 1 N–H and O–H groups in total. The molecule has 7 nitrogen and oxygen atoms in total. The number of anilines is 1. The number of nitrogens with one attached hydrogen (secondary N) is 1. The molecule has 0 fully saturated rings. The highest BCUT2D eigenvalue weighted by Gasteiger charge is 2.43. The molecule has 0 radical (unpaired) electrons. The number of carbonyl (C=O) groups is 2. The number of benzene rings is 2. The van der Waals surface area contributed by atoms with Crippen LogP contribution in [0.25, 0.3) is 0 Å². The number of fused-ring (bicyclic) bond motifs is 1. The fourth-order valence-corrected chi connectivity index (χ4v) is 4.83. The second-order valence-electron chi connectivity index (χ2n) is 7.80. The smallest absolute Gasteiger partial charge is 0.243 e. The van der Waals surface area contributed by atoms with Gasteiger partial charge in [-0.1, -0.05) is 29.8 Å². The fraction of sp³-hybridized carbons (Fsp3) is 0.333. The minimum Gasteiger partial charge on any atom is -0.351 e. The van der Waals surface area contributed by atoms with E-state index in [0.29, 0.717) is 16.3 Å². The van der Waals surface area contributed by atoms with Gasteiger partial charge in [-0.15, -0.1) is 0 Å². The van der Waals surface area contributed by atoms with Crippen LogP contribution in [0.3, 0.4) is 0 Å². The van der Waals surface area contributed by atoms with Crippen LogP contribution in [-0.2, 0) is 31.6 Å². The van der Waals surface area contributed by atoms with Gasteiger partial charge < -0.3 is 10.2 Å². The van der Waals surface area contributed by atoms with E-state index in [1.165, 1.54) is 24.1 Å². The molecule has 30 heavy (non-hydrogen) atoms. The van der Waals surface area contributed by atoms with E-state index in [-0.39, 0.29) is 23.9 Å². The van der Waals surface area contributed by atoms with Crippen LogP contribution in [0.5, 0.6) is 0 Å². The zero-order chi connectivity index (χ0) is 22.3. The molecule has 0 bridgehead atoms. The van der Waals surface area contributed by atoms with Crippen LogP contribution in [0.4, 0.5) is 5.69 Å².